The molecule has 0 saturated carbocycles. The van der Waals surface area contributed by atoms with Crippen molar-refractivity contribution in [3.63, 3.8) is 0 Å². The lowest BCUT2D eigenvalue weighted by Gasteiger charge is -2.23. The molecule has 1 aliphatic heterocycles. The third-order valence-electron chi connectivity index (χ3n) is 4.13. The van der Waals surface area contributed by atoms with Gasteiger partial charge in [0, 0.05) is 20.0 Å². The molecule has 0 atom stereocenters. The Hall–Kier alpha value is -1.95. The maximum Gasteiger partial charge on any atom is 0.242 e. The van der Waals surface area contributed by atoms with Crippen LogP contribution in [0.3, 0.4) is 0 Å². The highest BCUT2D eigenvalue weighted by atomic mass is 32.1. The molecule has 0 N–H and O–H groups in total. The highest BCUT2D eigenvalue weighted by Gasteiger charge is 2.21. The van der Waals surface area contributed by atoms with Crippen molar-refractivity contribution in [1.29, 1.82) is 0 Å². The van der Waals surface area contributed by atoms with Gasteiger partial charge in [-0.15, -0.1) is 11.3 Å². The predicted octanol–water partition coefficient (Wildman–Crippen LogP) is 2.66. The molecule has 1 aliphatic rings. The fourth-order valence-electron chi connectivity index (χ4n) is 2.77. The minimum absolute atomic E-state index is 0.0282. The van der Waals surface area contributed by atoms with Crippen molar-refractivity contribution >= 4 is 33.4 Å². The fraction of sp³-hybridized carbons (Fsp3) is 0.471. The Morgan fingerprint density at radius 3 is 2.96 bits per heavy atom. The first-order valence-electron chi connectivity index (χ1n) is 7.99. The molecular weight excluding hydrogens is 310 g/mol. The summed E-state index contributed by atoms with van der Waals surface area (Å²) in [5.41, 5.74) is 0.969. The van der Waals surface area contributed by atoms with Crippen molar-refractivity contribution in [3.05, 3.63) is 29.3 Å². The molecule has 2 amide bonds. The average molecular weight is 331 g/mol. The van der Waals surface area contributed by atoms with E-state index >= 15 is 0 Å². The molecule has 0 radical (unpaired) electrons. The van der Waals surface area contributed by atoms with E-state index in [1.807, 2.05) is 24.3 Å². The van der Waals surface area contributed by atoms with Crippen LogP contribution in [0.2, 0.25) is 0 Å². The number of amides is 2. The summed E-state index contributed by atoms with van der Waals surface area (Å²) in [5.74, 6) is 0.0729. The van der Waals surface area contributed by atoms with E-state index in [1.165, 1.54) is 0 Å². The van der Waals surface area contributed by atoms with E-state index in [9.17, 15) is 9.59 Å². The van der Waals surface area contributed by atoms with Crippen molar-refractivity contribution < 1.29 is 9.59 Å². The third kappa shape index (κ3) is 3.88. The van der Waals surface area contributed by atoms with Gasteiger partial charge in [0.25, 0.3) is 0 Å². The van der Waals surface area contributed by atoms with Gasteiger partial charge in [-0.25, -0.2) is 4.98 Å². The molecule has 122 valence electrons. The van der Waals surface area contributed by atoms with Gasteiger partial charge in [-0.05, 0) is 25.0 Å². The van der Waals surface area contributed by atoms with Crippen molar-refractivity contribution in [2.24, 2.45) is 0 Å². The lowest BCUT2D eigenvalue weighted by Crippen LogP contribution is -2.41. The number of rotatable bonds is 4. The van der Waals surface area contributed by atoms with Gasteiger partial charge >= 0.3 is 0 Å². The summed E-state index contributed by atoms with van der Waals surface area (Å²) in [6, 6.07) is 7.97. The zero-order valence-corrected chi connectivity index (χ0v) is 14.1. The molecule has 0 unspecified atom stereocenters. The van der Waals surface area contributed by atoms with Gasteiger partial charge in [-0.1, -0.05) is 18.6 Å². The zero-order valence-electron chi connectivity index (χ0n) is 13.3. The molecule has 3 rings (SSSR count). The number of benzene rings is 1. The summed E-state index contributed by atoms with van der Waals surface area (Å²) >= 11 is 1.61. The van der Waals surface area contributed by atoms with Gasteiger partial charge < -0.3 is 9.80 Å². The lowest BCUT2D eigenvalue weighted by molar-refractivity contribution is -0.139. The van der Waals surface area contributed by atoms with E-state index in [2.05, 4.69) is 4.98 Å². The van der Waals surface area contributed by atoms with Gasteiger partial charge in [0.05, 0.1) is 23.3 Å². The Morgan fingerprint density at radius 1 is 1.30 bits per heavy atom. The van der Waals surface area contributed by atoms with Crippen LogP contribution in [0.25, 0.3) is 10.2 Å². The van der Waals surface area contributed by atoms with Crippen molar-refractivity contribution in [1.82, 2.24) is 14.8 Å². The second-order valence-electron chi connectivity index (χ2n) is 5.95. The number of fused-ring (bicyclic) bond motifs is 1. The van der Waals surface area contributed by atoms with Crippen molar-refractivity contribution in [2.75, 3.05) is 20.1 Å². The topological polar surface area (TPSA) is 53.5 Å². The number of hydrogen-bond donors (Lipinski definition) is 0. The molecule has 1 fully saturated rings. The minimum Gasteiger partial charge on any atom is -0.337 e. The highest BCUT2D eigenvalue weighted by molar-refractivity contribution is 7.18. The van der Waals surface area contributed by atoms with Crippen LogP contribution in [0.5, 0.6) is 0 Å². The molecular formula is C17H21N3O2S. The Balaban J connectivity index is 1.61. The molecule has 1 saturated heterocycles. The average Bonchev–Trinajstić information content (AvgIpc) is 2.84. The van der Waals surface area contributed by atoms with Gasteiger partial charge in [0.15, 0.2) is 0 Å². The van der Waals surface area contributed by atoms with Crippen LogP contribution in [0, 0.1) is 0 Å². The van der Waals surface area contributed by atoms with Crippen molar-refractivity contribution in [3.8, 4) is 0 Å². The summed E-state index contributed by atoms with van der Waals surface area (Å²) < 4.78 is 1.13. The van der Waals surface area contributed by atoms with Crippen LogP contribution in [0.1, 0.15) is 30.7 Å². The first kappa shape index (κ1) is 15.9. The number of para-hydroxylation sites is 1. The molecule has 1 aromatic heterocycles. The highest BCUT2D eigenvalue weighted by Crippen LogP contribution is 2.22. The molecule has 2 heterocycles. The standard InChI is InChI=1S/C17H21N3O2S/c1-19(11-15-18-13-7-4-5-8-14(13)23-15)17(22)12-20-10-6-2-3-9-16(20)21/h4-5,7-8H,2-3,6,9-12H2,1H3. The first-order valence-corrected chi connectivity index (χ1v) is 8.81. The Labute approximate surface area is 139 Å². The molecule has 0 aliphatic carbocycles. The lowest BCUT2D eigenvalue weighted by atomic mass is 10.2. The van der Waals surface area contributed by atoms with Crippen LogP contribution in [0.15, 0.2) is 24.3 Å². The molecule has 23 heavy (non-hydrogen) atoms. The van der Waals surface area contributed by atoms with E-state index in [4.69, 9.17) is 0 Å². The Morgan fingerprint density at radius 2 is 2.13 bits per heavy atom. The van der Waals surface area contributed by atoms with Gasteiger partial charge in [-0.2, -0.15) is 0 Å². The van der Waals surface area contributed by atoms with Crippen LogP contribution < -0.4 is 0 Å². The van der Waals surface area contributed by atoms with Crippen LogP contribution in [0.4, 0.5) is 0 Å². The molecule has 5 nitrogen and oxygen atoms in total. The number of carbonyl (C=O) groups excluding carboxylic acids is 2. The van der Waals surface area contributed by atoms with Crippen molar-refractivity contribution in [2.45, 2.75) is 32.2 Å². The maximum absolute atomic E-state index is 12.4. The number of likely N-dealkylation sites (tertiary alicyclic amines) is 1. The number of likely N-dealkylation sites (N-methyl/N-ethyl adjacent to an activating group) is 1. The van der Waals surface area contributed by atoms with Crippen LogP contribution in [-0.2, 0) is 16.1 Å². The van der Waals surface area contributed by atoms with Crippen LogP contribution in [-0.4, -0.2) is 46.7 Å². The van der Waals surface area contributed by atoms with Gasteiger partial charge in [-0.3, -0.25) is 9.59 Å². The van der Waals surface area contributed by atoms with E-state index in [0.29, 0.717) is 19.5 Å². The summed E-state index contributed by atoms with van der Waals surface area (Å²) in [6.07, 6.45) is 3.55. The first-order chi connectivity index (χ1) is 11.1. The van der Waals surface area contributed by atoms with E-state index in [0.717, 1.165) is 34.5 Å². The summed E-state index contributed by atoms with van der Waals surface area (Å²) in [4.78, 5) is 32.3. The number of thiazole rings is 1. The third-order valence-corrected chi connectivity index (χ3v) is 5.16. The summed E-state index contributed by atoms with van der Waals surface area (Å²) in [5, 5.41) is 0.921. The minimum atomic E-state index is -0.0282. The Bertz CT molecular complexity index is 680. The van der Waals surface area contributed by atoms with Crippen LogP contribution >= 0.6 is 11.3 Å². The molecule has 2 aromatic rings. The number of nitrogens with zero attached hydrogens (tertiary/aromatic N) is 3. The second-order valence-corrected chi connectivity index (χ2v) is 7.07. The zero-order chi connectivity index (χ0) is 16.2. The predicted molar refractivity (Wildman–Crippen MR) is 91.1 cm³/mol. The number of carbonyl (C=O) groups is 2. The van der Waals surface area contributed by atoms with Gasteiger partial charge in [0.1, 0.15) is 5.01 Å². The smallest absolute Gasteiger partial charge is 0.242 e. The van der Waals surface area contributed by atoms with Gasteiger partial charge in [0.2, 0.25) is 11.8 Å². The maximum atomic E-state index is 12.4. The molecule has 6 heteroatoms. The SMILES string of the molecule is CN(Cc1nc2ccccc2s1)C(=O)CN1CCCCCC1=O. The summed E-state index contributed by atoms with van der Waals surface area (Å²) in [6.45, 7) is 1.36. The number of hydrogen-bond acceptors (Lipinski definition) is 4. The monoisotopic (exact) mass is 331 g/mol. The van der Waals surface area contributed by atoms with E-state index in [1.54, 1.807) is 28.2 Å². The normalized spacial score (nSPS) is 15.7. The molecule has 0 spiro atoms. The Kier molecular flexibility index (Phi) is 4.91. The molecule has 0 bridgehead atoms. The fourth-order valence-corrected chi connectivity index (χ4v) is 3.79. The molecule has 1 aromatic carbocycles. The quantitative estimate of drug-likeness (QED) is 0.865. The van der Waals surface area contributed by atoms with E-state index in [-0.39, 0.29) is 18.4 Å². The second kappa shape index (κ2) is 7.08. The summed E-state index contributed by atoms with van der Waals surface area (Å²) in [7, 11) is 1.77. The largest absolute Gasteiger partial charge is 0.337 e. The number of aromatic nitrogens is 1. The van der Waals surface area contributed by atoms with E-state index < -0.39 is 0 Å².